The molecule has 0 aliphatic heterocycles. The normalized spacial score (nSPS) is 15.6. The van der Waals surface area contributed by atoms with Gasteiger partial charge in [0.2, 0.25) is 5.91 Å². The van der Waals surface area contributed by atoms with Gasteiger partial charge in [-0.05, 0) is 59.3 Å². The first-order valence-corrected chi connectivity index (χ1v) is 12.4. The van der Waals surface area contributed by atoms with Crippen molar-refractivity contribution in [1.29, 1.82) is 0 Å². The summed E-state index contributed by atoms with van der Waals surface area (Å²) in [4.78, 5) is 36.3. The fourth-order valence-corrected chi connectivity index (χ4v) is 4.80. The molecule has 2 amide bonds. The molecule has 2 aromatic carbocycles. The maximum Gasteiger partial charge on any atom is 0.407 e. The highest BCUT2D eigenvalue weighted by Crippen LogP contribution is 2.44. The Morgan fingerprint density at radius 3 is 2.17 bits per heavy atom. The molecule has 1 atom stereocenters. The Morgan fingerprint density at radius 1 is 1.00 bits per heavy atom. The van der Waals surface area contributed by atoms with Crippen LogP contribution in [0.25, 0.3) is 11.1 Å². The molecule has 1 saturated carbocycles. The fourth-order valence-electron chi connectivity index (χ4n) is 4.80. The molecule has 7 nitrogen and oxygen atoms in total. The molecule has 2 aromatic rings. The third kappa shape index (κ3) is 6.21. The standard InChI is InChI=1S/C28H34N2O5/c1-28(2,14-13-24(31)32)15-16-29-26(33)25(18-11-12-18)30-27(34)35-17-23-21-9-5-3-7-19(21)20-8-4-6-10-22(20)23/h3-10,18,23,25H,11-17H2,1-2H3,(H,29,33)(H,30,34)(H,31,32). The molecule has 2 aliphatic rings. The molecule has 0 radical (unpaired) electrons. The molecule has 1 unspecified atom stereocenters. The number of benzene rings is 2. The van der Waals surface area contributed by atoms with Crippen molar-refractivity contribution in [2.45, 2.75) is 57.9 Å². The SMILES string of the molecule is CC(C)(CCNC(=O)C(NC(=O)OCC1c2ccccc2-c2ccccc21)C1CC1)CCC(=O)O. The van der Waals surface area contributed by atoms with Gasteiger partial charge in [-0.3, -0.25) is 9.59 Å². The van der Waals surface area contributed by atoms with Gasteiger partial charge in [0.15, 0.2) is 0 Å². The van der Waals surface area contributed by atoms with E-state index in [0.29, 0.717) is 19.4 Å². The van der Waals surface area contributed by atoms with E-state index in [1.807, 2.05) is 38.1 Å². The minimum atomic E-state index is -0.816. The van der Waals surface area contributed by atoms with Crippen LogP contribution in [0.15, 0.2) is 48.5 Å². The zero-order valence-electron chi connectivity index (χ0n) is 20.4. The van der Waals surface area contributed by atoms with Crippen molar-refractivity contribution in [2.75, 3.05) is 13.2 Å². The highest BCUT2D eigenvalue weighted by atomic mass is 16.5. The Balaban J connectivity index is 1.30. The largest absolute Gasteiger partial charge is 0.481 e. The van der Waals surface area contributed by atoms with Crippen LogP contribution in [0.3, 0.4) is 0 Å². The van der Waals surface area contributed by atoms with E-state index in [0.717, 1.165) is 24.0 Å². The predicted octanol–water partition coefficient (Wildman–Crippen LogP) is 4.70. The van der Waals surface area contributed by atoms with Crippen molar-refractivity contribution >= 4 is 18.0 Å². The number of carbonyl (C=O) groups is 3. The van der Waals surface area contributed by atoms with Crippen molar-refractivity contribution in [3.8, 4) is 11.1 Å². The van der Waals surface area contributed by atoms with Gasteiger partial charge in [-0.2, -0.15) is 0 Å². The molecule has 1 fully saturated rings. The van der Waals surface area contributed by atoms with Gasteiger partial charge in [0.05, 0.1) is 0 Å². The highest BCUT2D eigenvalue weighted by Gasteiger charge is 2.38. The van der Waals surface area contributed by atoms with E-state index in [1.54, 1.807) is 0 Å². The van der Waals surface area contributed by atoms with Crippen molar-refractivity contribution in [3.05, 3.63) is 59.7 Å². The third-order valence-corrected chi connectivity index (χ3v) is 7.11. The Kier molecular flexibility index (Phi) is 7.43. The molecule has 7 heteroatoms. The van der Waals surface area contributed by atoms with Crippen LogP contribution >= 0.6 is 0 Å². The summed E-state index contributed by atoms with van der Waals surface area (Å²) in [6.45, 7) is 4.63. The minimum Gasteiger partial charge on any atom is -0.481 e. The number of carboxylic acids is 1. The van der Waals surface area contributed by atoms with Gasteiger partial charge in [0, 0.05) is 18.9 Å². The number of alkyl carbamates (subject to hydrolysis) is 1. The number of hydrogen-bond donors (Lipinski definition) is 3. The zero-order valence-corrected chi connectivity index (χ0v) is 20.4. The maximum absolute atomic E-state index is 12.8. The average Bonchev–Trinajstić information content (AvgIpc) is 3.62. The molecule has 3 N–H and O–H groups in total. The Bertz CT molecular complexity index is 1050. The lowest BCUT2D eigenvalue weighted by molar-refractivity contribution is -0.137. The first-order chi connectivity index (χ1) is 16.7. The van der Waals surface area contributed by atoms with Gasteiger partial charge >= 0.3 is 12.1 Å². The molecule has 0 aromatic heterocycles. The number of rotatable bonds is 11. The average molecular weight is 479 g/mol. The monoisotopic (exact) mass is 478 g/mol. The van der Waals surface area contributed by atoms with Crippen molar-refractivity contribution in [1.82, 2.24) is 10.6 Å². The van der Waals surface area contributed by atoms with E-state index in [1.165, 1.54) is 11.1 Å². The van der Waals surface area contributed by atoms with Gasteiger partial charge in [-0.15, -0.1) is 0 Å². The Morgan fingerprint density at radius 2 is 1.60 bits per heavy atom. The highest BCUT2D eigenvalue weighted by molar-refractivity contribution is 5.86. The number of ether oxygens (including phenoxy) is 1. The van der Waals surface area contributed by atoms with E-state index < -0.39 is 18.1 Å². The summed E-state index contributed by atoms with van der Waals surface area (Å²) >= 11 is 0. The summed E-state index contributed by atoms with van der Waals surface area (Å²) in [6, 6.07) is 15.7. The van der Waals surface area contributed by atoms with Crippen LogP contribution < -0.4 is 10.6 Å². The lowest BCUT2D eigenvalue weighted by Crippen LogP contribution is -2.49. The number of carboxylic acid groups (broad SMARTS) is 1. The molecular formula is C28H34N2O5. The van der Waals surface area contributed by atoms with E-state index >= 15 is 0 Å². The quantitative estimate of drug-likeness (QED) is 0.434. The van der Waals surface area contributed by atoms with Crippen molar-refractivity contribution in [2.24, 2.45) is 11.3 Å². The molecule has 0 heterocycles. The fraction of sp³-hybridized carbons (Fsp3) is 0.464. The van der Waals surface area contributed by atoms with Gasteiger partial charge in [-0.1, -0.05) is 62.4 Å². The molecule has 186 valence electrons. The Hall–Kier alpha value is -3.35. The topological polar surface area (TPSA) is 105 Å². The summed E-state index contributed by atoms with van der Waals surface area (Å²) in [5, 5.41) is 14.6. The number of hydrogen-bond acceptors (Lipinski definition) is 4. The molecule has 2 aliphatic carbocycles. The van der Waals surface area contributed by atoms with Gasteiger partial charge in [0.1, 0.15) is 12.6 Å². The third-order valence-electron chi connectivity index (χ3n) is 7.11. The van der Waals surface area contributed by atoms with Gasteiger partial charge < -0.3 is 20.5 Å². The Labute approximate surface area is 206 Å². The van der Waals surface area contributed by atoms with Crippen molar-refractivity contribution < 1.29 is 24.2 Å². The van der Waals surface area contributed by atoms with E-state index in [2.05, 4.69) is 34.9 Å². The lowest BCUT2D eigenvalue weighted by Gasteiger charge is -2.25. The van der Waals surface area contributed by atoms with Gasteiger partial charge in [-0.25, -0.2) is 4.79 Å². The van der Waals surface area contributed by atoms with Crippen molar-refractivity contribution in [3.63, 3.8) is 0 Å². The summed E-state index contributed by atoms with van der Waals surface area (Å²) in [6.07, 6.45) is 2.52. The van der Waals surface area contributed by atoms with E-state index in [9.17, 15) is 14.4 Å². The van der Waals surface area contributed by atoms with Crippen LogP contribution in [0.4, 0.5) is 4.79 Å². The van der Waals surface area contributed by atoms with Gasteiger partial charge in [0.25, 0.3) is 0 Å². The predicted molar refractivity (Wildman–Crippen MR) is 133 cm³/mol. The summed E-state index contributed by atoms with van der Waals surface area (Å²) in [5.41, 5.74) is 4.42. The van der Waals surface area contributed by atoms with Crippen LogP contribution in [0.1, 0.15) is 63.0 Å². The smallest absolute Gasteiger partial charge is 0.407 e. The second-order valence-corrected chi connectivity index (χ2v) is 10.4. The minimum absolute atomic E-state index is 0.0330. The first-order valence-electron chi connectivity index (χ1n) is 12.4. The van der Waals surface area contributed by atoms with E-state index in [4.69, 9.17) is 9.84 Å². The van der Waals surface area contributed by atoms with Crippen LogP contribution in [0.2, 0.25) is 0 Å². The molecule has 35 heavy (non-hydrogen) atoms. The lowest BCUT2D eigenvalue weighted by atomic mass is 9.84. The summed E-state index contributed by atoms with van der Waals surface area (Å²) in [5.74, 6) is -0.942. The molecule has 0 saturated heterocycles. The van der Waals surface area contributed by atoms with Crippen LogP contribution in [0.5, 0.6) is 0 Å². The number of carbonyl (C=O) groups excluding carboxylic acids is 2. The first kappa shape index (κ1) is 24.8. The van der Waals surface area contributed by atoms with Crippen LogP contribution in [0, 0.1) is 11.3 Å². The van der Waals surface area contributed by atoms with Crippen LogP contribution in [-0.2, 0) is 14.3 Å². The molecular weight excluding hydrogens is 444 g/mol. The van der Waals surface area contributed by atoms with Crippen LogP contribution in [-0.4, -0.2) is 42.3 Å². The second-order valence-electron chi connectivity index (χ2n) is 10.4. The number of nitrogens with one attached hydrogen (secondary N) is 2. The number of amides is 2. The molecule has 0 bridgehead atoms. The number of fused-ring (bicyclic) bond motifs is 3. The zero-order chi connectivity index (χ0) is 25.0. The number of aliphatic carboxylic acids is 1. The maximum atomic E-state index is 12.8. The second kappa shape index (κ2) is 10.5. The molecule has 4 rings (SSSR count). The summed E-state index contributed by atoms with van der Waals surface area (Å²) in [7, 11) is 0. The van der Waals surface area contributed by atoms with E-state index in [-0.39, 0.29) is 36.2 Å². The molecule has 0 spiro atoms. The summed E-state index contributed by atoms with van der Waals surface area (Å²) < 4.78 is 5.63.